The number of nitrogens with zero attached hydrogens (tertiary/aromatic N) is 4. The van der Waals surface area contributed by atoms with Crippen molar-refractivity contribution in [3.8, 4) is 45.8 Å². The number of benzene rings is 4. The van der Waals surface area contributed by atoms with Gasteiger partial charge in [-0.3, -0.25) is 29.6 Å². The van der Waals surface area contributed by atoms with Crippen molar-refractivity contribution in [2.24, 2.45) is 5.41 Å². The zero-order valence-electron chi connectivity index (χ0n) is 45.2. The highest BCUT2D eigenvalue weighted by atomic mass is 32.2. The smallest absolute Gasteiger partial charge is 0.490 e. The predicted molar refractivity (Wildman–Crippen MR) is 295 cm³/mol. The highest BCUT2D eigenvalue weighted by molar-refractivity contribution is 7.86. The van der Waals surface area contributed by atoms with Crippen molar-refractivity contribution in [3.63, 3.8) is 0 Å². The second-order valence-corrected chi connectivity index (χ2v) is 27.0. The van der Waals surface area contributed by atoms with Gasteiger partial charge >= 0.3 is 23.5 Å². The van der Waals surface area contributed by atoms with Crippen LogP contribution in [0.25, 0.3) is 44.5 Å². The van der Waals surface area contributed by atoms with Crippen molar-refractivity contribution in [3.05, 3.63) is 105 Å². The number of nitrogen functional groups attached to an aromatic ring is 2. The van der Waals surface area contributed by atoms with Crippen LogP contribution in [0.4, 0.5) is 17.2 Å². The fourth-order valence-corrected chi connectivity index (χ4v) is 14.0. The van der Waals surface area contributed by atoms with E-state index in [1.807, 2.05) is 0 Å². The number of rotatable bonds is 22. The molecule has 1 fully saturated rings. The number of ether oxygens (including phenoxy) is 4. The molecule has 0 bridgehead atoms. The van der Waals surface area contributed by atoms with E-state index in [9.17, 15) is 74.2 Å². The number of phosphoric ester groups is 1. The molecule has 87 heavy (non-hydrogen) atoms. The molecule has 33 nitrogen and oxygen atoms in total. The number of ketones is 1. The first-order chi connectivity index (χ1) is 40.4. The van der Waals surface area contributed by atoms with Crippen LogP contribution in [0, 0.1) is 32.8 Å². The molecule has 464 valence electrons. The van der Waals surface area contributed by atoms with E-state index >= 15 is 0 Å². The number of aliphatic hydroxyl groups excluding tert-OH is 1. The number of anilines is 2. The molecule has 1 aliphatic carbocycles. The predicted octanol–water partition coefficient (Wildman–Crippen LogP) is 5.16. The molecule has 4 heterocycles. The minimum atomic E-state index is -5.85. The molecule has 3 aliphatic rings. The number of hydrogen-bond donors (Lipinski definition) is 8. The molecule has 0 spiro atoms. The van der Waals surface area contributed by atoms with Crippen molar-refractivity contribution in [1.82, 2.24) is 14.5 Å². The Balaban J connectivity index is 1.03. The quantitative estimate of drug-likeness (QED) is 0.00499. The third kappa shape index (κ3) is 14.5. The lowest BCUT2D eigenvalue weighted by atomic mass is 9.83. The fourth-order valence-electron chi connectivity index (χ4n) is 9.53. The molecule has 1 saturated heterocycles. The summed E-state index contributed by atoms with van der Waals surface area (Å²) in [6, 6.07) is 10.5. The minimum absolute atomic E-state index is 0.0129. The summed E-state index contributed by atoms with van der Waals surface area (Å²) in [6.07, 6.45) is -3.15. The first-order valence-electron chi connectivity index (χ1n) is 24.7. The van der Waals surface area contributed by atoms with Gasteiger partial charge in [0.05, 0.1) is 65.0 Å². The number of Topliss-reactive ketones (excluding diaryl/α,β-unsaturated/α-hetero) is 1. The second-order valence-electron chi connectivity index (χ2n) is 20.0. The lowest BCUT2D eigenvalue weighted by molar-refractivity contribution is -0.386. The van der Waals surface area contributed by atoms with Gasteiger partial charge in [0, 0.05) is 64.7 Å². The van der Waals surface area contributed by atoms with Crippen molar-refractivity contribution in [1.29, 1.82) is 5.41 Å². The van der Waals surface area contributed by atoms with E-state index in [1.165, 1.54) is 42.1 Å². The number of phosphoric acid groups is 3. The van der Waals surface area contributed by atoms with Gasteiger partial charge in [-0.05, 0) is 47.9 Å². The molecule has 5 aromatic rings. The highest BCUT2D eigenvalue weighted by Gasteiger charge is 2.44. The minimum Gasteiger partial charge on any atom is -0.744 e. The Kier molecular flexibility index (Phi) is 18.6. The standard InChI is InChI=1S/C49H50N7O26P3S2/c1-49(2,3)46(76-20-26-19-55(48-40(26)47(52)53-22-54-48)39-18-35(59)38(79-39)21-78-84(65,66)82-85(67,68)81-83(62,63)64)30-17-36(75-4)25(15-33(30)56(60)61)7-5-6-8-34(58)24-9-10-27(37(16-24)77-23-57)41-28-11-13-31(50)44(86(69,70)71)42(28)80-43-29(41)12-14-32(51)45(43)87(72,73)74/h9-17,19,22-23,35,38-39,46,50,59H,6,8,18,20-21,51H2,1-4H3,(H,65,66)(H,67,68)(H2,52,53,54)(H2,62,63,64)(H,69,70,71)(H,72,73,74)/p-2/t35-,38-,39-,46-/m1/s1. The number of nitro groups is 1. The number of aromatic nitrogens is 3. The van der Waals surface area contributed by atoms with Crippen LogP contribution in [-0.4, -0.2) is 108 Å². The average molecular weight is 1310 g/mol. The molecular weight excluding hydrogens is 1260 g/mol. The summed E-state index contributed by atoms with van der Waals surface area (Å²) in [5.74, 6) is 3.82. The lowest BCUT2D eigenvalue weighted by Gasteiger charge is -2.31. The van der Waals surface area contributed by atoms with Crippen molar-refractivity contribution >= 4 is 95.2 Å². The first kappa shape index (κ1) is 65.6. The van der Waals surface area contributed by atoms with E-state index in [-0.39, 0.29) is 99.5 Å². The number of carbonyl (C=O) groups excluding carboxylic acids is 2. The Labute approximate surface area is 490 Å². The van der Waals surface area contributed by atoms with Gasteiger partial charge in [0.2, 0.25) is 0 Å². The van der Waals surface area contributed by atoms with Gasteiger partial charge in [-0.15, -0.1) is 0 Å². The number of nitrogens with one attached hydrogen (secondary N) is 1. The summed E-state index contributed by atoms with van der Waals surface area (Å²) in [5, 5.41) is 31.1. The maximum atomic E-state index is 13.7. The van der Waals surface area contributed by atoms with Crippen LogP contribution in [0.2, 0.25) is 0 Å². The van der Waals surface area contributed by atoms with Gasteiger partial charge in [-0.2, -0.15) is 8.62 Å². The molecule has 10 N–H and O–H groups in total. The first-order valence-corrected chi connectivity index (χ1v) is 32.0. The number of nitro benzene ring substituents is 1. The summed E-state index contributed by atoms with van der Waals surface area (Å²) < 4.78 is 153. The number of hydrogen-bond acceptors (Lipinski definition) is 27. The molecule has 2 aliphatic heterocycles. The van der Waals surface area contributed by atoms with E-state index in [0.717, 1.165) is 36.7 Å². The zero-order valence-corrected chi connectivity index (χ0v) is 49.5. The third-order valence-electron chi connectivity index (χ3n) is 13.0. The van der Waals surface area contributed by atoms with Crippen LogP contribution in [-0.2, 0) is 68.0 Å². The van der Waals surface area contributed by atoms with Crippen LogP contribution in [0.15, 0.2) is 81.3 Å². The Morgan fingerprint density at radius 1 is 0.966 bits per heavy atom. The van der Waals surface area contributed by atoms with Crippen molar-refractivity contribution in [2.75, 3.05) is 25.2 Å². The van der Waals surface area contributed by atoms with Crippen molar-refractivity contribution < 1.29 is 115 Å². The van der Waals surface area contributed by atoms with E-state index in [4.69, 9.17) is 50.0 Å². The average Bonchev–Trinajstić information content (AvgIpc) is 1.31. The van der Waals surface area contributed by atoms with Crippen LogP contribution in [0.1, 0.15) is 79.4 Å². The van der Waals surface area contributed by atoms with Crippen LogP contribution in [0.3, 0.4) is 0 Å². The van der Waals surface area contributed by atoms with Gasteiger partial charge < -0.3 is 73.2 Å². The van der Waals surface area contributed by atoms with Crippen LogP contribution < -0.4 is 26.3 Å². The second kappa shape index (κ2) is 24.6. The topological polar surface area (TPSA) is 528 Å². The maximum absolute atomic E-state index is 13.7. The monoisotopic (exact) mass is 1310 g/mol. The van der Waals surface area contributed by atoms with E-state index < -0.39 is 129 Å². The molecule has 2 unspecified atom stereocenters. The Bertz CT molecular complexity index is 4440. The van der Waals surface area contributed by atoms with E-state index in [1.54, 1.807) is 20.8 Å². The Morgan fingerprint density at radius 2 is 1.66 bits per heavy atom. The number of nitrogens with two attached hydrogens (primary N) is 2. The highest BCUT2D eigenvalue weighted by Crippen LogP contribution is 2.66. The molecule has 0 saturated carbocycles. The number of fused-ring (bicyclic) bond motifs is 3. The van der Waals surface area contributed by atoms with Gasteiger partial charge in [0.1, 0.15) is 71.7 Å². The van der Waals surface area contributed by atoms with Gasteiger partial charge in [-0.25, -0.2) is 40.5 Å². The molecule has 3 aromatic carbocycles. The molecule has 2 aromatic heterocycles. The van der Waals surface area contributed by atoms with Crippen LogP contribution >= 0.6 is 23.5 Å². The molecule has 0 radical (unpaired) electrons. The molecule has 38 heteroatoms. The normalized spacial score (nSPS) is 17.5. The third-order valence-corrected chi connectivity index (χ3v) is 18.6. The van der Waals surface area contributed by atoms with Gasteiger partial charge in [0.15, 0.2) is 17.1 Å². The zero-order chi connectivity index (χ0) is 64.1. The van der Waals surface area contributed by atoms with Crippen LogP contribution in [0.5, 0.6) is 11.5 Å². The number of aliphatic hydroxyl groups is 1. The van der Waals surface area contributed by atoms with E-state index in [2.05, 4.69) is 35.0 Å². The van der Waals surface area contributed by atoms with Gasteiger partial charge in [-0.1, -0.05) is 38.7 Å². The summed E-state index contributed by atoms with van der Waals surface area (Å²) in [5.41, 5.74) is 9.36. The SMILES string of the molecule is COc1cc([C@@H](OCc2cn([C@H]3C[C@@H](O)[C@@H](COP(=O)(O)OP(=O)(O)OP(=O)(O)O)O3)c3ncnc(N)c23)C(C)(C)C)c([N+](=O)[O-])cc1C#CCCC(=O)c1ccc(-c2c3ccc(=N)c(S(=O)(=O)[O-])c-3oc3c(S(=O)(=O)[O-])c(N)ccc23)c(OC=O)c1. The molecule has 0 amide bonds. The Morgan fingerprint density at radius 3 is 2.29 bits per heavy atom. The molecular formula is C49H48N7O26P3S2-2. The summed E-state index contributed by atoms with van der Waals surface area (Å²) in [6.45, 7) is 3.92. The van der Waals surface area contributed by atoms with Crippen molar-refractivity contribution in [2.45, 2.75) is 81.0 Å². The Hall–Kier alpha value is -7.42. The van der Waals surface area contributed by atoms with Gasteiger partial charge in [0.25, 0.3) is 12.2 Å². The largest absolute Gasteiger partial charge is 0.744 e. The summed E-state index contributed by atoms with van der Waals surface area (Å²) >= 11 is 0. The number of methoxy groups -OCH3 is 1. The molecule has 6 atom stereocenters. The maximum Gasteiger partial charge on any atom is 0.490 e. The number of carbonyl (C=O) groups is 2. The summed E-state index contributed by atoms with van der Waals surface area (Å²) in [4.78, 5) is 81.0. The fraction of sp³-hybridized carbons (Fsp3) is 0.286. The van der Waals surface area contributed by atoms with E-state index in [0.29, 0.717) is 5.56 Å². The molecule has 8 rings (SSSR count). The lowest BCUT2D eigenvalue weighted by Crippen LogP contribution is -2.26. The summed E-state index contributed by atoms with van der Waals surface area (Å²) in [7, 11) is -26.8.